The molecule has 0 radical (unpaired) electrons. The zero-order chi connectivity index (χ0) is 14.8. The molecule has 0 unspecified atom stereocenters. The van der Waals surface area contributed by atoms with Gasteiger partial charge in [0.05, 0.1) is 16.9 Å². The molecule has 5 nitrogen and oxygen atoms in total. The van der Waals surface area contributed by atoms with Gasteiger partial charge in [0, 0.05) is 10.6 Å². The van der Waals surface area contributed by atoms with E-state index in [1.165, 1.54) is 6.20 Å². The number of hydrogen-bond donors (Lipinski definition) is 2. The molecule has 20 heavy (non-hydrogen) atoms. The lowest BCUT2D eigenvalue weighted by Gasteiger charge is -2.20. The summed E-state index contributed by atoms with van der Waals surface area (Å²) in [7, 11) is 0. The summed E-state index contributed by atoms with van der Waals surface area (Å²) in [5.74, 6) is 1.00. The second kappa shape index (κ2) is 5.81. The minimum atomic E-state index is -0.141. The maximum absolute atomic E-state index is 6.10. The molecule has 0 aliphatic rings. The third-order valence-corrected chi connectivity index (χ3v) is 2.79. The van der Waals surface area contributed by atoms with Crippen LogP contribution in [0.3, 0.4) is 0 Å². The molecule has 0 aliphatic heterocycles. The average molecular weight is 312 g/mol. The van der Waals surface area contributed by atoms with Gasteiger partial charge in [-0.05, 0) is 39.0 Å². The van der Waals surface area contributed by atoms with Crippen molar-refractivity contribution in [3.05, 3.63) is 34.4 Å². The Morgan fingerprint density at radius 3 is 2.55 bits per heavy atom. The fraction of sp³-hybridized carbons (Fsp3) is 0.308. The lowest BCUT2D eigenvalue weighted by atomic mass is 10.1. The predicted molar refractivity (Wildman–Crippen MR) is 82.9 cm³/mol. The lowest BCUT2D eigenvalue weighted by Crippen LogP contribution is -2.27. The van der Waals surface area contributed by atoms with Gasteiger partial charge in [0.25, 0.3) is 0 Å². The van der Waals surface area contributed by atoms with Crippen LogP contribution in [0.15, 0.2) is 24.4 Å². The Morgan fingerprint density at radius 1 is 1.15 bits per heavy atom. The minimum absolute atomic E-state index is 0.141. The first-order chi connectivity index (χ1) is 9.33. The van der Waals surface area contributed by atoms with E-state index in [-0.39, 0.29) is 5.54 Å². The van der Waals surface area contributed by atoms with Crippen LogP contribution >= 0.6 is 23.2 Å². The highest BCUT2D eigenvalue weighted by Gasteiger charge is 2.12. The van der Waals surface area contributed by atoms with E-state index < -0.39 is 0 Å². The third-order valence-electron chi connectivity index (χ3n) is 2.24. The smallest absolute Gasteiger partial charge is 0.245 e. The van der Waals surface area contributed by atoms with Gasteiger partial charge in [0.2, 0.25) is 5.95 Å². The number of aromatic nitrogens is 3. The molecule has 0 bridgehead atoms. The van der Waals surface area contributed by atoms with Crippen LogP contribution in [0.5, 0.6) is 0 Å². The van der Waals surface area contributed by atoms with Crippen LogP contribution in [0.25, 0.3) is 0 Å². The molecule has 2 N–H and O–H groups in total. The van der Waals surface area contributed by atoms with Crippen molar-refractivity contribution in [2.24, 2.45) is 0 Å². The average Bonchev–Trinajstić information content (AvgIpc) is 2.31. The topological polar surface area (TPSA) is 62.7 Å². The van der Waals surface area contributed by atoms with Gasteiger partial charge in [-0.15, -0.1) is 5.10 Å². The van der Waals surface area contributed by atoms with Gasteiger partial charge in [-0.2, -0.15) is 10.1 Å². The zero-order valence-corrected chi connectivity index (χ0v) is 12.9. The molecule has 2 aromatic rings. The summed E-state index contributed by atoms with van der Waals surface area (Å²) in [6.07, 6.45) is 1.53. The standard InChI is InChI=1S/C13H15Cl2N5/c1-13(2,3)19-12-18-11(7-16-20-12)17-10-5-4-8(14)6-9(10)15/h4-7H,1-3H3,(H2,17,18,19,20). The summed E-state index contributed by atoms with van der Waals surface area (Å²) in [6.45, 7) is 6.06. The number of anilines is 3. The van der Waals surface area contributed by atoms with Crippen LogP contribution < -0.4 is 10.6 Å². The van der Waals surface area contributed by atoms with E-state index in [0.29, 0.717) is 27.5 Å². The summed E-state index contributed by atoms with van der Waals surface area (Å²) in [5, 5.41) is 15.2. The van der Waals surface area contributed by atoms with Crippen LogP contribution in [-0.4, -0.2) is 20.7 Å². The van der Waals surface area contributed by atoms with E-state index >= 15 is 0 Å². The highest BCUT2D eigenvalue weighted by Crippen LogP contribution is 2.27. The van der Waals surface area contributed by atoms with Crippen molar-refractivity contribution in [3.63, 3.8) is 0 Å². The third kappa shape index (κ3) is 4.21. The van der Waals surface area contributed by atoms with Gasteiger partial charge < -0.3 is 10.6 Å². The number of benzene rings is 1. The Balaban J connectivity index is 2.19. The van der Waals surface area contributed by atoms with Gasteiger partial charge in [-0.3, -0.25) is 0 Å². The van der Waals surface area contributed by atoms with Gasteiger partial charge in [0.1, 0.15) is 0 Å². The summed E-state index contributed by atoms with van der Waals surface area (Å²) >= 11 is 12.0. The first-order valence-electron chi connectivity index (χ1n) is 6.03. The normalized spacial score (nSPS) is 11.2. The molecule has 0 aliphatic carbocycles. The minimum Gasteiger partial charge on any atom is -0.348 e. The Hall–Kier alpha value is -1.59. The zero-order valence-electron chi connectivity index (χ0n) is 11.4. The Kier molecular flexibility index (Phi) is 4.30. The molecule has 106 valence electrons. The molecule has 1 heterocycles. The second-order valence-electron chi connectivity index (χ2n) is 5.29. The van der Waals surface area contributed by atoms with Crippen LogP contribution in [0.1, 0.15) is 20.8 Å². The number of hydrogen-bond acceptors (Lipinski definition) is 5. The molecular weight excluding hydrogens is 297 g/mol. The van der Waals surface area contributed by atoms with E-state index in [1.807, 2.05) is 20.8 Å². The maximum atomic E-state index is 6.10. The molecule has 0 saturated heterocycles. The van der Waals surface area contributed by atoms with Crippen molar-refractivity contribution in [2.75, 3.05) is 10.6 Å². The van der Waals surface area contributed by atoms with Gasteiger partial charge in [-0.1, -0.05) is 23.2 Å². The molecule has 0 fully saturated rings. The Bertz CT molecular complexity index is 610. The highest BCUT2D eigenvalue weighted by molar-refractivity contribution is 6.36. The van der Waals surface area contributed by atoms with E-state index in [9.17, 15) is 0 Å². The van der Waals surface area contributed by atoms with Crippen LogP contribution in [0.2, 0.25) is 10.0 Å². The summed E-state index contributed by atoms with van der Waals surface area (Å²) in [4.78, 5) is 4.33. The van der Waals surface area contributed by atoms with E-state index in [4.69, 9.17) is 23.2 Å². The molecule has 1 aromatic heterocycles. The largest absolute Gasteiger partial charge is 0.348 e. The lowest BCUT2D eigenvalue weighted by molar-refractivity contribution is 0.623. The first-order valence-corrected chi connectivity index (χ1v) is 6.79. The first kappa shape index (κ1) is 14.8. The second-order valence-corrected chi connectivity index (χ2v) is 6.13. The predicted octanol–water partition coefficient (Wildman–Crippen LogP) is 4.13. The Morgan fingerprint density at radius 2 is 1.90 bits per heavy atom. The van der Waals surface area contributed by atoms with Crippen molar-refractivity contribution in [1.82, 2.24) is 15.2 Å². The number of nitrogens with one attached hydrogen (secondary N) is 2. The van der Waals surface area contributed by atoms with Gasteiger partial charge >= 0.3 is 0 Å². The molecule has 0 amide bonds. The number of halogens is 2. The van der Waals surface area contributed by atoms with Crippen LogP contribution in [0, 0.1) is 0 Å². The quantitative estimate of drug-likeness (QED) is 0.892. The molecule has 0 spiro atoms. The summed E-state index contributed by atoms with van der Waals surface area (Å²) in [5.41, 5.74) is 0.566. The van der Waals surface area contributed by atoms with E-state index in [0.717, 1.165) is 0 Å². The molecular formula is C13H15Cl2N5. The van der Waals surface area contributed by atoms with Crippen LogP contribution in [0.4, 0.5) is 17.5 Å². The van der Waals surface area contributed by atoms with Crippen molar-refractivity contribution < 1.29 is 0 Å². The SMILES string of the molecule is CC(C)(C)Nc1nncc(Nc2ccc(Cl)cc2Cl)n1. The fourth-order valence-corrected chi connectivity index (χ4v) is 1.94. The molecule has 7 heteroatoms. The molecule has 2 rings (SSSR count). The Labute approximate surface area is 127 Å². The van der Waals surface area contributed by atoms with Crippen molar-refractivity contribution in [3.8, 4) is 0 Å². The van der Waals surface area contributed by atoms with E-state index in [1.54, 1.807) is 18.2 Å². The maximum Gasteiger partial charge on any atom is 0.245 e. The highest BCUT2D eigenvalue weighted by atomic mass is 35.5. The summed E-state index contributed by atoms with van der Waals surface area (Å²) in [6, 6.07) is 5.19. The van der Waals surface area contributed by atoms with Crippen molar-refractivity contribution >= 4 is 40.7 Å². The van der Waals surface area contributed by atoms with Gasteiger partial charge in [0.15, 0.2) is 5.82 Å². The monoisotopic (exact) mass is 311 g/mol. The number of rotatable bonds is 3. The van der Waals surface area contributed by atoms with Crippen molar-refractivity contribution in [2.45, 2.75) is 26.3 Å². The van der Waals surface area contributed by atoms with E-state index in [2.05, 4.69) is 25.8 Å². The van der Waals surface area contributed by atoms with Gasteiger partial charge in [-0.25, -0.2) is 0 Å². The molecule has 0 atom stereocenters. The summed E-state index contributed by atoms with van der Waals surface area (Å²) < 4.78 is 0. The molecule has 0 saturated carbocycles. The number of nitrogens with zero attached hydrogens (tertiary/aromatic N) is 3. The fourth-order valence-electron chi connectivity index (χ4n) is 1.48. The van der Waals surface area contributed by atoms with Crippen LogP contribution in [-0.2, 0) is 0 Å². The van der Waals surface area contributed by atoms with Crippen molar-refractivity contribution in [1.29, 1.82) is 0 Å². The molecule has 1 aromatic carbocycles.